The molecule has 8 heteroatoms. The Morgan fingerprint density at radius 3 is 2.77 bits per heavy atom. The van der Waals surface area contributed by atoms with Gasteiger partial charge in [-0.25, -0.2) is 9.97 Å². The molecule has 4 N–H and O–H groups in total. The van der Waals surface area contributed by atoms with Crippen molar-refractivity contribution in [2.24, 2.45) is 11.1 Å². The fourth-order valence-electron chi connectivity index (χ4n) is 4.65. The second-order valence-corrected chi connectivity index (χ2v) is 8.82. The van der Waals surface area contributed by atoms with Crippen molar-refractivity contribution in [1.82, 2.24) is 14.4 Å². The molecule has 7 nitrogen and oxygen atoms in total. The smallest absolute Gasteiger partial charge is 0.212 e. The molecule has 31 heavy (non-hydrogen) atoms. The summed E-state index contributed by atoms with van der Waals surface area (Å²) in [4.78, 5) is 11.4. The lowest BCUT2D eigenvalue weighted by Gasteiger charge is -2.41. The monoisotopic (exact) mass is 436 g/mol. The zero-order valence-corrected chi connectivity index (χ0v) is 18.1. The molecule has 2 aliphatic rings. The second-order valence-electron chi connectivity index (χ2n) is 8.47. The molecule has 0 saturated carbocycles. The third kappa shape index (κ3) is 3.51. The van der Waals surface area contributed by atoms with E-state index in [1.165, 1.54) is 0 Å². The Labute approximate surface area is 186 Å². The van der Waals surface area contributed by atoms with Crippen LogP contribution in [0.25, 0.3) is 5.65 Å². The van der Waals surface area contributed by atoms with Crippen LogP contribution in [-0.2, 0) is 4.74 Å². The van der Waals surface area contributed by atoms with Gasteiger partial charge in [-0.2, -0.15) is 0 Å². The number of hydrogen-bond acceptors (Lipinski definition) is 6. The van der Waals surface area contributed by atoms with Gasteiger partial charge < -0.3 is 21.1 Å². The number of rotatable bonds is 1. The Hall–Kier alpha value is -2.79. The molecule has 2 aromatic heterocycles. The number of piperidine rings is 1. The Bertz CT molecular complexity index is 1190. The van der Waals surface area contributed by atoms with Crippen LogP contribution in [0.3, 0.4) is 0 Å². The average Bonchev–Trinajstić information content (AvgIpc) is 3.35. The van der Waals surface area contributed by atoms with E-state index in [4.69, 9.17) is 32.8 Å². The van der Waals surface area contributed by atoms with Gasteiger partial charge in [-0.05, 0) is 38.0 Å². The van der Waals surface area contributed by atoms with E-state index >= 15 is 0 Å². The van der Waals surface area contributed by atoms with Crippen LogP contribution in [0.1, 0.15) is 30.9 Å². The molecule has 5 rings (SSSR count). The van der Waals surface area contributed by atoms with Crippen molar-refractivity contribution in [1.29, 1.82) is 0 Å². The van der Waals surface area contributed by atoms with Crippen LogP contribution in [-0.4, -0.2) is 46.2 Å². The van der Waals surface area contributed by atoms with E-state index in [1.54, 1.807) is 6.20 Å². The van der Waals surface area contributed by atoms with Crippen molar-refractivity contribution in [2.75, 3.05) is 30.3 Å². The molecular weight excluding hydrogens is 412 g/mol. The number of nitrogen functional groups attached to an aromatic ring is 1. The Balaban J connectivity index is 1.45. The number of ether oxygens (including phenoxy) is 1. The lowest BCUT2D eigenvalue weighted by atomic mass is 9.73. The van der Waals surface area contributed by atoms with E-state index in [9.17, 15) is 0 Å². The largest absolute Gasteiger partial charge is 0.399 e. The Kier molecular flexibility index (Phi) is 5.01. The van der Waals surface area contributed by atoms with E-state index in [1.807, 2.05) is 34.9 Å². The van der Waals surface area contributed by atoms with Gasteiger partial charge >= 0.3 is 0 Å². The van der Waals surface area contributed by atoms with Crippen LogP contribution in [0.15, 0.2) is 36.7 Å². The predicted octanol–water partition coefficient (Wildman–Crippen LogP) is 2.70. The van der Waals surface area contributed by atoms with Crippen molar-refractivity contribution < 1.29 is 4.74 Å². The van der Waals surface area contributed by atoms with Crippen LogP contribution in [0, 0.1) is 17.3 Å². The summed E-state index contributed by atoms with van der Waals surface area (Å²) in [6.07, 6.45) is 5.68. The fraction of sp³-hybridized carbons (Fsp3) is 0.391. The molecule has 0 amide bonds. The average molecular weight is 437 g/mol. The number of imidazole rings is 1. The second kappa shape index (κ2) is 7.72. The third-order valence-electron chi connectivity index (χ3n) is 6.59. The van der Waals surface area contributed by atoms with E-state index in [0.29, 0.717) is 22.1 Å². The van der Waals surface area contributed by atoms with Crippen LogP contribution >= 0.6 is 11.6 Å². The van der Waals surface area contributed by atoms with Crippen molar-refractivity contribution >= 4 is 28.9 Å². The molecule has 0 radical (unpaired) electrons. The molecule has 2 fully saturated rings. The van der Waals surface area contributed by atoms with E-state index < -0.39 is 0 Å². The van der Waals surface area contributed by atoms with Gasteiger partial charge in [0.25, 0.3) is 0 Å². The fourth-order valence-corrected chi connectivity index (χ4v) is 4.85. The van der Waals surface area contributed by atoms with E-state index in [0.717, 1.165) is 44.0 Å². The molecule has 2 saturated heterocycles. The van der Waals surface area contributed by atoms with Gasteiger partial charge in [-0.15, -0.1) is 0 Å². The zero-order chi connectivity index (χ0) is 21.6. The van der Waals surface area contributed by atoms with Crippen molar-refractivity contribution in [2.45, 2.75) is 31.9 Å². The summed E-state index contributed by atoms with van der Waals surface area (Å²) in [5, 5.41) is 0.347. The van der Waals surface area contributed by atoms with Gasteiger partial charge in [-0.3, -0.25) is 4.40 Å². The molecule has 1 spiro atoms. The Morgan fingerprint density at radius 1 is 1.26 bits per heavy atom. The molecule has 1 aromatic carbocycles. The molecule has 0 unspecified atom stereocenters. The van der Waals surface area contributed by atoms with Crippen molar-refractivity contribution in [3.8, 4) is 11.8 Å². The van der Waals surface area contributed by atoms with Gasteiger partial charge in [0, 0.05) is 48.2 Å². The number of fused-ring (bicyclic) bond motifs is 1. The van der Waals surface area contributed by atoms with Crippen molar-refractivity contribution in [3.63, 3.8) is 0 Å². The number of nitrogens with zero attached hydrogens (tertiary/aromatic N) is 4. The van der Waals surface area contributed by atoms with Crippen LogP contribution < -0.4 is 16.4 Å². The standard InChI is InChI=1S/C23H25ClN6O/c1-15-19(26)23(14-31-15)7-10-29(11-8-23)22-28-20(24)18(21-27-9-12-30(21)22)6-5-16-3-2-4-17(25)13-16/h2-4,9,12-13,15,19H,7-8,10-11,14,25-26H2,1H3/t15-,19+/m0/s1. The minimum Gasteiger partial charge on any atom is -0.399 e. The van der Waals surface area contributed by atoms with Gasteiger partial charge in [0.2, 0.25) is 5.95 Å². The van der Waals surface area contributed by atoms with Crippen LogP contribution in [0.2, 0.25) is 5.15 Å². The molecule has 4 heterocycles. The highest BCUT2D eigenvalue weighted by Crippen LogP contribution is 2.42. The van der Waals surface area contributed by atoms with Gasteiger partial charge in [0.05, 0.1) is 12.7 Å². The molecule has 2 aliphatic heterocycles. The summed E-state index contributed by atoms with van der Waals surface area (Å²) < 4.78 is 7.80. The summed E-state index contributed by atoms with van der Waals surface area (Å²) in [6, 6.07) is 7.51. The lowest BCUT2D eigenvalue weighted by molar-refractivity contribution is 0.0973. The first-order valence-corrected chi connectivity index (χ1v) is 10.9. The summed E-state index contributed by atoms with van der Waals surface area (Å²) >= 11 is 6.59. The number of nitrogens with two attached hydrogens (primary N) is 2. The topological polar surface area (TPSA) is 94.7 Å². The highest BCUT2D eigenvalue weighted by Gasteiger charge is 2.47. The number of anilines is 2. The number of aromatic nitrogens is 3. The van der Waals surface area contributed by atoms with E-state index in [2.05, 4.69) is 28.6 Å². The van der Waals surface area contributed by atoms with Gasteiger partial charge in [-0.1, -0.05) is 29.5 Å². The molecule has 2 atom stereocenters. The van der Waals surface area contributed by atoms with E-state index in [-0.39, 0.29) is 17.6 Å². The summed E-state index contributed by atoms with van der Waals surface area (Å²) in [6.45, 7) is 4.48. The molecule has 3 aromatic rings. The summed E-state index contributed by atoms with van der Waals surface area (Å²) in [7, 11) is 0. The normalized spacial score (nSPS) is 22.6. The van der Waals surface area contributed by atoms with Crippen molar-refractivity contribution in [3.05, 3.63) is 52.9 Å². The van der Waals surface area contributed by atoms with Crippen LogP contribution in [0.5, 0.6) is 0 Å². The first-order valence-electron chi connectivity index (χ1n) is 10.5. The highest BCUT2D eigenvalue weighted by atomic mass is 35.5. The first-order chi connectivity index (χ1) is 15.0. The lowest BCUT2D eigenvalue weighted by Crippen LogP contribution is -2.51. The zero-order valence-electron chi connectivity index (χ0n) is 17.4. The molecule has 0 aliphatic carbocycles. The molecule has 160 valence electrons. The minimum atomic E-state index is 0.0523. The number of hydrogen-bond donors (Lipinski definition) is 2. The SMILES string of the molecule is C[C@@H]1OCC2(CCN(c3nc(Cl)c(C#Cc4cccc(N)c4)c4nccn34)CC2)[C@@H]1N. The summed E-state index contributed by atoms with van der Waals surface area (Å²) in [5.74, 6) is 7.03. The third-order valence-corrected chi connectivity index (χ3v) is 6.86. The maximum Gasteiger partial charge on any atom is 0.212 e. The van der Waals surface area contributed by atoms with Gasteiger partial charge in [0.1, 0.15) is 5.56 Å². The van der Waals surface area contributed by atoms with Crippen LogP contribution in [0.4, 0.5) is 11.6 Å². The first kappa shape index (κ1) is 20.1. The Morgan fingerprint density at radius 2 is 2.06 bits per heavy atom. The quantitative estimate of drug-likeness (QED) is 0.346. The maximum atomic E-state index is 6.59. The minimum absolute atomic E-state index is 0.0523. The molecular formula is C23H25ClN6O. The number of halogens is 1. The van der Waals surface area contributed by atoms with Gasteiger partial charge in [0.15, 0.2) is 10.8 Å². The molecule has 0 bridgehead atoms. The highest BCUT2D eigenvalue weighted by molar-refractivity contribution is 6.31. The summed E-state index contributed by atoms with van der Waals surface area (Å²) in [5.41, 5.74) is 15.1. The predicted molar refractivity (Wildman–Crippen MR) is 122 cm³/mol. The maximum absolute atomic E-state index is 6.59. The number of benzene rings is 1.